The Morgan fingerprint density at radius 3 is 2.67 bits per heavy atom. The molecule has 4 N–H and O–H groups in total. The molecule has 0 unspecified atom stereocenters. The molecule has 0 radical (unpaired) electrons. The first-order valence-electron chi connectivity index (χ1n) is 5.84. The molecular formula is C11H10N8O2. The van der Waals surface area contributed by atoms with Crippen LogP contribution in [0, 0.1) is 6.92 Å². The summed E-state index contributed by atoms with van der Waals surface area (Å²) < 4.78 is 2.11. The molecular weight excluding hydrogens is 276 g/mol. The standard InChI is InChI=1S/C11H10N8O2/c1-5-6-9(19(17-5)11(13)21)16-8(12)7(15-6)10(20)18-3-2-14-4-18/h2-4H,1H3,(H2,12,16)(H2,13,21). The van der Waals surface area contributed by atoms with Crippen molar-refractivity contribution in [2.45, 2.75) is 6.92 Å². The Morgan fingerprint density at radius 2 is 2.05 bits per heavy atom. The third-order valence-electron chi connectivity index (χ3n) is 2.85. The van der Waals surface area contributed by atoms with Crippen molar-refractivity contribution in [3.63, 3.8) is 0 Å². The van der Waals surface area contributed by atoms with E-state index in [0.29, 0.717) is 5.69 Å². The largest absolute Gasteiger partial charge is 0.382 e. The Morgan fingerprint density at radius 1 is 1.29 bits per heavy atom. The predicted octanol–water partition coefficient (Wildman–Crippen LogP) is -0.471. The molecule has 0 saturated heterocycles. The number of nitrogens with two attached hydrogens (primary N) is 2. The lowest BCUT2D eigenvalue weighted by Crippen LogP contribution is -2.22. The van der Waals surface area contributed by atoms with Gasteiger partial charge in [-0.1, -0.05) is 0 Å². The van der Waals surface area contributed by atoms with Gasteiger partial charge in [0.1, 0.15) is 11.8 Å². The van der Waals surface area contributed by atoms with Crippen molar-refractivity contribution in [3.05, 3.63) is 30.1 Å². The molecule has 10 nitrogen and oxygen atoms in total. The van der Waals surface area contributed by atoms with Gasteiger partial charge in [0.25, 0.3) is 5.91 Å². The van der Waals surface area contributed by atoms with Crippen LogP contribution in [0.1, 0.15) is 16.2 Å². The highest BCUT2D eigenvalue weighted by molar-refractivity contribution is 6.00. The van der Waals surface area contributed by atoms with Crippen LogP contribution < -0.4 is 11.5 Å². The molecule has 10 heteroatoms. The zero-order valence-electron chi connectivity index (χ0n) is 10.9. The average molecular weight is 286 g/mol. The molecule has 0 aromatic carbocycles. The summed E-state index contributed by atoms with van der Waals surface area (Å²) >= 11 is 0. The van der Waals surface area contributed by atoms with E-state index in [9.17, 15) is 9.59 Å². The van der Waals surface area contributed by atoms with Crippen LogP contribution in [0.15, 0.2) is 18.7 Å². The van der Waals surface area contributed by atoms with Crippen molar-refractivity contribution in [1.82, 2.24) is 29.3 Å². The van der Waals surface area contributed by atoms with Crippen LogP contribution in [0.2, 0.25) is 0 Å². The van der Waals surface area contributed by atoms with Crippen molar-refractivity contribution >= 4 is 28.9 Å². The maximum Gasteiger partial charge on any atom is 0.341 e. The summed E-state index contributed by atoms with van der Waals surface area (Å²) in [6.07, 6.45) is 4.25. The van der Waals surface area contributed by atoms with Crippen LogP contribution >= 0.6 is 0 Å². The van der Waals surface area contributed by atoms with Gasteiger partial charge < -0.3 is 11.5 Å². The number of carbonyl (C=O) groups excluding carboxylic acids is 2. The topological polar surface area (TPSA) is 148 Å². The zero-order valence-corrected chi connectivity index (χ0v) is 10.9. The quantitative estimate of drug-likeness (QED) is 0.614. The first-order chi connectivity index (χ1) is 9.99. The van der Waals surface area contributed by atoms with E-state index in [1.807, 2.05) is 0 Å². The zero-order chi connectivity index (χ0) is 15.1. The van der Waals surface area contributed by atoms with Crippen LogP contribution in [0.25, 0.3) is 11.2 Å². The van der Waals surface area contributed by atoms with Crippen molar-refractivity contribution in [1.29, 1.82) is 0 Å². The highest BCUT2D eigenvalue weighted by atomic mass is 16.2. The number of rotatable bonds is 1. The number of primary amides is 1. The summed E-state index contributed by atoms with van der Waals surface area (Å²) in [6, 6.07) is -0.810. The van der Waals surface area contributed by atoms with Gasteiger partial charge >= 0.3 is 6.03 Å². The monoisotopic (exact) mass is 286 g/mol. The summed E-state index contributed by atoms with van der Waals surface area (Å²) in [6.45, 7) is 1.62. The van der Waals surface area contributed by atoms with Crippen molar-refractivity contribution in [2.75, 3.05) is 5.73 Å². The number of carbonyl (C=O) groups is 2. The molecule has 0 fully saturated rings. The minimum Gasteiger partial charge on any atom is -0.382 e. The highest BCUT2D eigenvalue weighted by Gasteiger charge is 2.21. The Bertz CT molecular complexity index is 864. The van der Waals surface area contributed by atoms with Gasteiger partial charge in [0, 0.05) is 12.4 Å². The van der Waals surface area contributed by atoms with Crippen LogP contribution in [0.5, 0.6) is 0 Å². The van der Waals surface area contributed by atoms with Crippen molar-refractivity contribution in [2.24, 2.45) is 5.73 Å². The molecule has 0 spiro atoms. The van der Waals surface area contributed by atoms with Crippen molar-refractivity contribution in [3.8, 4) is 0 Å². The van der Waals surface area contributed by atoms with E-state index >= 15 is 0 Å². The molecule has 3 aromatic heterocycles. The smallest absolute Gasteiger partial charge is 0.341 e. The van der Waals surface area contributed by atoms with Gasteiger partial charge in [0.05, 0.1) is 5.69 Å². The number of anilines is 1. The van der Waals surface area contributed by atoms with Crippen molar-refractivity contribution < 1.29 is 9.59 Å². The fourth-order valence-corrected chi connectivity index (χ4v) is 1.89. The first kappa shape index (κ1) is 12.7. The maximum atomic E-state index is 12.2. The number of nitrogen functional groups attached to an aromatic ring is 1. The molecule has 0 aliphatic heterocycles. The Hall–Kier alpha value is -3.30. The molecule has 3 heterocycles. The molecule has 106 valence electrons. The number of amides is 1. The first-order valence-corrected chi connectivity index (χ1v) is 5.84. The number of fused-ring (bicyclic) bond motifs is 1. The van der Waals surface area contributed by atoms with E-state index in [1.165, 1.54) is 23.3 Å². The summed E-state index contributed by atoms with van der Waals surface area (Å²) in [5, 5.41) is 3.92. The molecule has 0 aliphatic rings. The summed E-state index contributed by atoms with van der Waals surface area (Å²) in [5.41, 5.74) is 11.7. The molecule has 0 saturated carbocycles. The number of aryl methyl sites for hydroxylation is 1. The molecule has 3 rings (SSSR count). The van der Waals surface area contributed by atoms with Gasteiger partial charge in [-0.3, -0.25) is 9.36 Å². The number of hydrogen-bond acceptors (Lipinski definition) is 7. The van der Waals surface area contributed by atoms with Gasteiger partial charge in [0.15, 0.2) is 17.2 Å². The summed E-state index contributed by atoms with van der Waals surface area (Å²) in [5.74, 6) is -0.603. The van der Waals surface area contributed by atoms with E-state index in [4.69, 9.17) is 11.5 Å². The second kappa shape index (κ2) is 4.37. The Kier molecular flexibility index (Phi) is 2.65. The summed E-state index contributed by atoms with van der Waals surface area (Å²) in [7, 11) is 0. The average Bonchev–Trinajstić information content (AvgIpc) is 3.06. The van der Waals surface area contributed by atoms with Gasteiger partial charge in [-0.25, -0.2) is 19.7 Å². The summed E-state index contributed by atoms with van der Waals surface area (Å²) in [4.78, 5) is 35.5. The molecule has 0 atom stereocenters. The molecule has 21 heavy (non-hydrogen) atoms. The number of aromatic nitrogens is 6. The second-order valence-corrected chi connectivity index (χ2v) is 4.24. The number of nitrogens with zero attached hydrogens (tertiary/aromatic N) is 6. The van der Waals surface area contributed by atoms with Crippen LogP contribution in [0.3, 0.4) is 0 Å². The number of imidazole rings is 1. The van der Waals surface area contributed by atoms with Crippen LogP contribution in [-0.2, 0) is 0 Å². The highest BCUT2D eigenvalue weighted by Crippen LogP contribution is 2.18. The van der Waals surface area contributed by atoms with Gasteiger partial charge in [-0.2, -0.15) is 9.78 Å². The van der Waals surface area contributed by atoms with Gasteiger partial charge in [-0.05, 0) is 6.92 Å². The minimum atomic E-state index is -0.810. The van der Waals surface area contributed by atoms with E-state index < -0.39 is 11.9 Å². The maximum absolute atomic E-state index is 12.2. The van der Waals surface area contributed by atoms with Crippen LogP contribution in [0.4, 0.5) is 10.6 Å². The molecule has 1 amide bonds. The fourth-order valence-electron chi connectivity index (χ4n) is 1.89. The third-order valence-corrected chi connectivity index (χ3v) is 2.85. The molecule has 0 aliphatic carbocycles. The molecule has 0 bridgehead atoms. The van der Waals surface area contributed by atoms with E-state index in [0.717, 1.165) is 4.68 Å². The fraction of sp³-hybridized carbons (Fsp3) is 0.0909. The lowest BCUT2D eigenvalue weighted by molar-refractivity contribution is 0.0956. The Balaban J connectivity index is 2.23. The SMILES string of the molecule is Cc1nn(C(N)=O)c2nc(N)c(C(=O)n3ccnc3)nc12. The molecule has 3 aromatic rings. The lowest BCUT2D eigenvalue weighted by atomic mass is 10.3. The van der Waals surface area contributed by atoms with Gasteiger partial charge in [-0.15, -0.1) is 0 Å². The van der Waals surface area contributed by atoms with E-state index in [2.05, 4.69) is 20.1 Å². The third kappa shape index (κ3) is 1.89. The second-order valence-electron chi connectivity index (χ2n) is 4.24. The van der Waals surface area contributed by atoms with E-state index in [-0.39, 0.29) is 22.7 Å². The van der Waals surface area contributed by atoms with Crippen LogP contribution in [-0.4, -0.2) is 41.2 Å². The van der Waals surface area contributed by atoms with E-state index in [1.54, 1.807) is 6.92 Å². The Labute approximate surface area is 117 Å². The number of hydrogen-bond donors (Lipinski definition) is 2. The lowest BCUT2D eigenvalue weighted by Gasteiger charge is -2.04. The van der Waals surface area contributed by atoms with Gasteiger partial charge in [0.2, 0.25) is 0 Å². The normalized spacial score (nSPS) is 10.9. The predicted molar refractivity (Wildman–Crippen MR) is 71.4 cm³/mol. The minimum absolute atomic E-state index is 0.0485.